The first kappa shape index (κ1) is 23.6. The fourth-order valence-corrected chi connectivity index (χ4v) is 6.11. The maximum absolute atomic E-state index is 12.7. The molecule has 0 radical (unpaired) electrons. The number of imidazole rings is 1. The zero-order chi connectivity index (χ0) is 24.8. The van der Waals surface area contributed by atoms with Gasteiger partial charge in [-0.2, -0.15) is 4.98 Å². The molecule has 1 aromatic carbocycles. The van der Waals surface area contributed by atoms with Gasteiger partial charge in [0.05, 0.1) is 29.4 Å². The van der Waals surface area contributed by atoms with E-state index in [4.69, 9.17) is 26.1 Å². The van der Waals surface area contributed by atoms with Gasteiger partial charge in [-0.15, -0.1) is 0 Å². The fraction of sp³-hybridized carbons (Fsp3) is 0.519. The molecule has 0 saturated carbocycles. The maximum Gasteiger partial charge on any atom is 0.296 e. The molecule has 190 valence electrons. The summed E-state index contributed by atoms with van der Waals surface area (Å²) in [6, 6.07) is 11.2. The van der Waals surface area contributed by atoms with Crippen molar-refractivity contribution in [2.45, 2.75) is 57.7 Å². The van der Waals surface area contributed by atoms with Crippen molar-refractivity contribution in [1.82, 2.24) is 19.9 Å². The van der Waals surface area contributed by atoms with Crippen molar-refractivity contribution in [3.8, 4) is 17.3 Å². The Hall–Kier alpha value is -2.84. The van der Waals surface area contributed by atoms with E-state index < -0.39 is 0 Å². The summed E-state index contributed by atoms with van der Waals surface area (Å²) in [7, 11) is 0. The number of H-pyrrole nitrogens is 1. The van der Waals surface area contributed by atoms with Crippen LogP contribution in [0.2, 0.25) is 5.02 Å². The molecule has 3 atom stereocenters. The number of ether oxygens (including phenoxy) is 2. The van der Waals surface area contributed by atoms with E-state index in [9.17, 15) is 4.79 Å². The number of morpholine rings is 1. The molecule has 3 fully saturated rings. The molecule has 3 aromatic rings. The van der Waals surface area contributed by atoms with Crippen LogP contribution in [0.3, 0.4) is 0 Å². The van der Waals surface area contributed by atoms with Crippen LogP contribution >= 0.6 is 11.6 Å². The van der Waals surface area contributed by atoms with E-state index in [0.29, 0.717) is 22.4 Å². The van der Waals surface area contributed by atoms with Crippen LogP contribution in [0.25, 0.3) is 22.4 Å². The van der Waals surface area contributed by atoms with Gasteiger partial charge in [-0.25, -0.2) is 4.98 Å². The number of carbonyl (C=O) groups is 1. The first-order valence-electron chi connectivity index (χ1n) is 12.9. The number of carbonyl (C=O) groups excluding carboxylic acids is 1. The lowest BCUT2D eigenvalue weighted by Crippen LogP contribution is -2.50. The van der Waals surface area contributed by atoms with Gasteiger partial charge in [-0.05, 0) is 31.0 Å². The number of aromatic nitrogens is 3. The summed E-state index contributed by atoms with van der Waals surface area (Å²) in [5.41, 5.74) is 4.15. The van der Waals surface area contributed by atoms with Gasteiger partial charge in [0.25, 0.3) is 6.01 Å². The molecule has 1 N–H and O–H groups in total. The molecule has 9 heteroatoms. The standard InChI is InChI=1S/C27H32ClN5O3/c1-16(2)26(34)33-19-7-8-20(33)14-21(13-19)36-27-29-23-15-22(28)24(30-25(23)31-27)17-3-5-18(6-4-17)32-9-11-35-12-10-32/h3-6,15-16,19-21H,7-14H2,1-2H3,(H,29,30,31)/t19-,20+,21-. The monoisotopic (exact) mass is 509 g/mol. The predicted molar refractivity (Wildman–Crippen MR) is 140 cm³/mol. The Bertz CT molecular complexity index is 1240. The van der Waals surface area contributed by atoms with Crippen molar-refractivity contribution in [1.29, 1.82) is 0 Å². The Morgan fingerprint density at radius 3 is 2.47 bits per heavy atom. The number of nitrogens with zero attached hydrogens (tertiary/aromatic N) is 4. The van der Waals surface area contributed by atoms with Crippen molar-refractivity contribution in [2.75, 3.05) is 31.2 Å². The molecular weight excluding hydrogens is 478 g/mol. The first-order valence-corrected chi connectivity index (χ1v) is 13.3. The van der Waals surface area contributed by atoms with E-state index in [2.05, 4.69) is 44.0 Å². The van der Waals surface area contributed by atoms with Crippen molar-refractivity contribution in [3.63, 3.8) is 0 Å². The highest BCUT2D eigenvalue weighted by Crippen LogP contribution is 2.38. The summed E-state index contributed by atoms with van der Waals surface area (Å²) in [5.74, 6) is 0.288. The smallest absolute Gasteiger partial charge is 0.296 e. The van der Waals surface area contributed by atoms with Gasteiger partial charge in [0.2, 0.25) is 5.91 Å². The second-order valence-corrected chi connectivity index (χ2v) is 10.8. The van der Waals surface area contributed by atoms with E-state index in [1.54, 1.807) is 0 Å². The highest BCUT2D eigenvalue weighted by atomic mass is 35.5. The third-order valence-electron chi connectivity index (χ3n) is 7.64. The van der Waals surface area contributed by atoms with E-state index in [-0.39, 0.29) is 30.0 Å². The highest BCUT2D eigenvalue weighted by Gasteiger charge is 2.44. The lowest BCUT2D eigenvalue weighted by molar-refractivity contribution is -0.140. The van der Waals surface area contributed by atoms with Crippen LogP contribution in [0.4, 0.5) is 5.69 Å². The van der Waals surface area contributed by atoms with Gasteiger partial charge in [0.1, 0.15) is 6.10 Å². The molecule has 0 aliphatic carbocycles. The summed E-state index contributed by atoms with van der Waals surface area (Å²) in [6.07, 6.45) is 3.80. The number of fused-ring (bicyclic) bond motifs is 3. The van der Waals surface area contributed by atoms with Crippen LogP contribution in [-0.2, 0) is 9.53 Å². The number of anilines is 1. The number of hydrogen-bond donors (Lipinski definition) is 1. The molecular formula is C27H32ClN5O3. The van der Waals surface area contributed by atoms with Crippen LogP contribution in [0.15, 0.2) is 30.3 Å². The number of amides is 1. The van der Waals surface area contributed by atoms with Gasteiger partial charge in [-0.3, -0.25) is 4.79 Å². The molecule has 1 amide bonds. The molecule has 8 nitrogen and oxygen atoms in total. The number of aromatic amines is 1. The number of hydrogen-bond acceptors (Lipinski definition) is 6. The Labute approximate surface area is 215 Å². The number of nitrogens with one attached hydrogen (secondary N) is 1. The molecule has 36 heavy (non-hydrogen) atoms. The van der Waals surface area contributed by atoms with Gasteiger partial charge in [0.15, 0.2) is 5.65 Å². The maximum atomic E-state index is 12.7. The number of rotatable bonds is 5. The average Bonchev–Trinajstić information content (AvgIpc) is 3.39. The Morgan fingerprint density at radius 2 is 1.81 bits per heavy atom. The van der Waals surface area contributed by atoms with Crippen molar-refractivity contribution in [2.24, 2.45) is 5.92 Å². The van der Waals surface area contributed by atoms with Crippen molar-refractivity contribution < 1.29 is 14.3 Å². The Balaban J connectivity index is 1.18. The second kappa shape index (κ2) is 9.56. The molecule has 0 unspecified atom stereocenters. The average molecular weight is 510 g/mol. The summed E-state index contributed by atoms with van der Waals surface area (Å²) in [6.45, 7) is 7.26. The Kier molecular flexibility index (Phi) is 6.25. The van der Waals surface area contributed by atoms with Crippen LogP contribution in [-0.4, -0.2) is 70.2 Å². The van der Waals surface area contributed by atoms with Gasteiger partial charge >= 0.3 is 0 Å². The zero-order valence-electron chi connectivity index (χ0n) is 20.7. The Morgan fingerprint density at radius 1 is 1.11 bits per heavy atom. The predicted octanol–water partition coefficient (Wildman–Crippen LogP) is 4.67. The van der Waals surface area contributed by atoms with Gasteiger partial charge in [0, 0.05) is 55.2 Å². The second-order valence-electron chi connectivity index (χ2n) is 10.4. The summed E-state index contributed by atoms with van der Waals surface area (Å²) < 4.78 is 11.7. The summed E-state index contributed by atoms with van der Waals surface area (Å²) in [4.78, 5) is 29.7. The lowest BCUT2D eigenvalue weighted by Gasteiger charge is -2.39. The molecule has 0 spiro atoms. The zero-order valence-corrected chi connectivity index (χ0v) is 21.5. The molecule has 3 saturated heterocycles. The lowest BCUT2D eigenvalue weighted by atomic mass is 9.98. The van der Waals surface area contributed by atoms with E-state index >= 15 is 0 Å². The third-order valence-corrected chi connectivity index (χ3v) is 7.93. The minimum absolute atomic E-state index is 0.0292. The normalized spacial score (nSPS) is 24.1. The minimum atomic E-state index is 0.0292. The molecule has 6 rings (SSSR count). The van der Waals surface area contributed by atoms with Crippen LogP contribution in [0.1, 0.15) is 39.5 Å². The first-order chi connectivity index (χ1) is 17.5. The summed E-state index contributed by atoms with van der Waals surface area (Å²) in [5, 5.41) is 0.565. The van der Waals surface area contributed by atoms with Crippen LogP contribution in [0, 0.1) is 5.92 Å². The van der Waals surface area contributed by atoms with Gasteiger partial charge in [-0.1, -0.05) is 37.6 Å². The largest absolute Gasteiger partial charge is 0.461 e. The summed E-state index contributed by atoms with van der Waals surface area (Å²) >= 11 is 6.63. The fourth-order valence-electron chi connectivity index (χ4n) is 5.84. The van der Waals surface area contributed by atoms with E-state index in [1.165, 1.54) is 5.69 Å². The minimum Gasteiger partial charge on any atom is -0.461 e. The molecule has 2 bridgehead atoms. The number of piperidine rings is 1. The van der Waals surface area contributed by atoms with Crippen LogP contribution < -0.4 is 9.64 Å². The third kappa shape index (κ3) is 4.41. The van der Waals surface area contributed by atoms with Crippen molar-refractivity contribution >= 4 is 34.4 Å². The van der Waals surface area contributed by atoms with E-state index in [0.717, 1.165) is 63.1 Å². The molecule has 3 aliphatic heterocycles. The molecule has 5 heterocycles. The number of pyridine rings is 1. The molecule has 2 aromatic heterocycles. The highest BCUT2D eigenvalue weighted by molar-refractivity contribution is 6.33. The van der Waals surface area contributed by atoms with Gasteiger partial charge < -0.3 is 24.3 Å². The van der Waals surface area contributed by atoms with Crippen LogP contribution in [0.5, 0.6) is 6.01 Å². The SMILES string of the molecule is CC(C)C(=O)N1[C@@H]2CC[C@H]1C[C@H](Oc1nc3nc(-c4ccc(N5CCOCC5)cc4)c(Cl)cc3[nH]1)C2. The number of halogens is 1. The van der Waals surface area contributed by atoms with Crippen molar-refractivity contribution in [3.05, 3.63) is 35.4 Å². The molecule has 3 aliphatic rings. The van der Waals surface area contributed by atoms with E-state index in [1.807, 2.05) is 19.9 Å². The number of benzene rings is 1. The quantitative estimate of drug-likeness (QED) is 0.538. The topological polar surface area (TPSA) is 83.6 Å².